The highest BCUT2D eigenvalue weighted by Gasteiger charge is 2.09. The number of hydrogen-bond acceptors (Lipinski definition) is 6. The molecule has 1 aromatic carbocycles. The van der Waals surface area contributed by atoms with Gasteiger partial charge in [0.15, 0.2) is 11.5 Å². The van der Waals surface area contributed by atoms with Gasteiger partial charge in [-0.2, -0.15) is 4.98 Å². The van der Waals surface area contributed by atoms with Crippen molar-refractivity contribution in [1.29, 1.82) is 0 Å². The number of para-hydroxylation sites is 1. The van der Waals surface area contributed by atoms with Gasteiger partial charge in [-0.3, -0.25) is 0 Å². The molecule has 0 spiro atoms. The standard InChI is InChI=1S/C12H10N6/c13-11-10(17-18-12(14)16-11)9-6-5-7-3-1-2-4-8(7)15-9/h1-6H,(H4,13,14,16,18). The van der Waals surface area contributed by atoms with E-state index < -0.39 is 0 Å². The summed E-state index contributed by atoms with van der Waals surface area (Å²) in [4.78, 5) is 8.34. The number of nitrogens with two attached hydrogens (primary N) is 2. The molecule has 2 heterocycles. The lowest BCUT2D eigenvalue weighted by Gasteiger charge is -2.04. The molecule has 18 heavy (non-hydrogen) atoms. The van der Waals surface area contributed by atoms with Crippen LogP contribution in [-0.2, 0) is 0 Å². The van der Waals surface area contributed by atoms with Gasteiger partial charge in [0.1, 0.15) is 0 Å². The van der Waals surface area contributed by atoms with Crippen molar-refractivity contribution in [3.05, 3.63) is 36.4 Å². The fourth-order valence-electron chi connectivity index (χ4n) is 1.73. The summed E-state index contributed by atoms with van der Waals surface area (Å²) in [6.45, 7) is 0. The van der Waals surface area contributed by atoms with Crippen LogP contribution in [0.25, 0.3) is 22.3 Å². The quantitative estimate of drug-likeness (QED) is 0.661. The first kappa shape index (κ1) is 10.4. The van der Waals surface area contributed by atoms with Gasteiger partial charge < -0.3 is 11.5 Å². The molecule has 0 radical (unpaired) electrons. The van der Waals surface area contributed by atoms with Crippen LogP contribution in [0.2, 0.25) is 0 Å². The number of anilines is 2. The van der Waals surface area contributed by atoms with Crippen LogP contribution < -0.4 is 11.5 Å². The number of aromatic nitrogens is 4. The topological polar surface area (TPSA) is 104 Å². The summed E-state index contributed by atoms with van der Waals surface area (Å²) in [5, 5.41) is 8.67. The van der Waals surface area contributed by atoms with Crippen molar-refractivity contribution in [2.45, 2.75) is 0 Å². The normalized spacial score (nSPS) is 10.7. The zero-order valence-corrected chi connectivity index (χ0v) is 9.41. The number of fused-ring (bicyclic) bond motifs is 1. The minimum absolute atomic E-state index is 0.0528. The first-order chi connectivity index (χ1) is 8.74. The van der Waals surface area contributed by atoms with Gasteiger partial charge in [-0.15, -0.1) is 10.2 Å². The Morgan fingerprint density at radius 1 is 0.833 bits per heavy atom. The van der Waals surface area contributed by atoms with Crippen LogP contribution in [0, 0.1) is 0 Å². The lowest BCUT2D eigenvalue weighted by molar-refractivity contribution is 0.994. The maximum atomic E-state index is 5.76. The number of nitrogens with zero attached hydrogens (tertiary/aromatic N) is 4. The fourth-order valence-corrected chi connectivity index (χ4v) is 1.73. The lowest BCUT2D eigenvalue weighted by Crippen LogP contribution is -2.05. The van der Waals surface area contributed by atoms with Gasteiger partial charge in [0.05, 0.1) is 11.2 Å². The molecule has 3 aromatic rings. The van der Waals surface area contributed by atoms with E-state index in [1.54, 1.807) is 0 Å². The molecule has 0 saturated carbocycles. The Morgan fingerprint density at radius 2 is 1.67 bits per heavy atom. The molecule has 6 nitrogen and oxygen atoms in total. The number of nitrogen functional groups attached to an aromatic ring is 2. The van der Waals surface area contributed by atoms with Crippen LogP contribution in [-0.4, -0.2) is 20.2 Å². The van der Waals surface area contributed by atoms with E-state index in [1.165, 1.54) is 0 Å². The number of rotatable bonds is 1. The summed E-state index contributed by atoms with van der Waals surface area (Å²) >= 11 is 0. The largest absolute Gasteiger partial charge is 0.382 e. The third kappa shape index (κ3) is 1.69. The molecule has 0 aliphatic heterocycles. The highest BCUT2D eigenvalue weighted by molar-refractivity contribution is 5.82. The monoisotopic (exact) mass is 238 g/mol. The zero-order valence-electron chi connectivity index (χ0n) is 9.41. The van der Waals surface area contributed by atoms with Crippen molar-refractivity contribution in [2.24, 2.45) is 0 Å². The third-order valence-corrected chi connectivity index (χ3v) is 2.57. The van der Waals surface area contributed by atoms with E-state index >= 15 is 0 Å². The Morgan fingerprint density at radius 3 is 2.50 bits per heavy atom. The Hall–Kier alpha value is -2.76. The summed E-state index contributed by atoms with van der Waals surface area (Å²) in [7, 11) is 0. The van der Waals surface area contributed by atoms with Crippen LogP contribution >= 0.6 is 0 Å². The molecular weight excluding hydrogens is 228 g/mol. The predicted octanol–water partition coefficient (Wildman–Crippen LogP) is 1.25. The van der Waals surface area contributed by atoms with Crippen LogP contribution in [0.3, 0.4) is 0 Å². The van der Waals surface area contributed by atoms with Crippen LogP contribution in [0.15, 0.2) is 36.4 Å². The summed E-state index contributed by atoms with van der Waals surface area (Å²) in [5.41, 5.74) is 13.1. The van der Waals surface area contributed by atoms with E-state index in [0.717, 1.165) is 10.9 Å². The SMILES string of the molecule is Nc1nnc(-c2ccc3ccccc3n2)c(N)n1. The smallest absolute Gasteiger partial charge is 0.242 e. The molecule has 2 aromatic heterocycles. The van der Waals surface area contributed by atoms with Gasteiger partial charge in [0.2, 0.25) is 5.95 Å². The molecule has 0 fully saturated rings. The number of hydrogen-bond donors (Lipinski definition) is 2. The Labute approximate surface area is 103 Å². The van der Waals surface area contributed by atoms with Crippen LogP contribution in [0.1, 0.15) is 0 Å². The highest BCUT2D eigenvalue weighted by atomic mass is 15.2. The Balaban J connectivity index is 2.19. The second-order valence-corrected chi connectivity index (χ2v) is 3.79. The number of pyridine rings is 1. The average molecular weight is 238 g/mol. The first-order valence-corrected chi connectivity index (χ1v) is 5.36. The van der Waals surface area contributed by atoms with Crippen LogP contribution in [0.4, 0.5) is 11.8 Å². The van der Waals surface area contributed by atoms with E-state index in [1.807, 2.05) is 36.4 Å². The van der Waals surface area contributed by atoms with Crippen molar-refractivity contribution in [3.63, 3.8) is 0 Å². The summed E-state index contributed by atoms with van der Waals surface area (Å²) in [6, 6.07) is 11.6. The average Bonchev–Trinajstić information content (AvgIpc) is 2.38. The lowest BCUT2D eigenvalue weighted by atomic mass is 10.2. The molecule has 0 aliphatic carbocycles. The van der Waals surface area contributed by atoms with Gasteiger partial charge in [0.25, 0.3) is 0 Å². The molecule has 0 bridgehead atoms. The second-order valence-electron chi connectivity index (χ2n) is 3.79. The predicted molar refractivity (Wildman–Crippen MR) is 69.4 cm³/mol. The minimum atomic E-state index is 0.0528. The molecule has 4 N–H and O–H groups in total. The molecule has 0 saturated heterocycles. The zero-order chi connectivity index (χ0) is 12.5. The van der Waals surface area contributed by atoms with E-state index in [0.29, 0.717) is 11.4 Å². The molecule has 0 atom stereocenters. The Kier molecular flexibility index (Phi) is 2.26. The summed E-state index contributed by atoms with van der Waals surface area (Å²) in [5.74, 6) is 0.280. The van der Waals surface area contributed by atoms with Crippen LogP contribution in [0.5, 0.6) is 0 Å². The number of benzene rings is 1. The summed E-state index contributed by atoms with van der Waals surface area (Å²) in [6.07, 6.45) is 0. The van der Waals surface area contributed by atoms with E-state index in [2.05, 4.69) is 20.2 Å². The van der Waals surface area contributed by atoms with Gasteiger partial charge in [-0.25, -0.2) is 4.98 Å². The molecule has 3 rings (SSSR count). The maximum absolute atomic E-state index is 5.76. The van der Waals surface area contributed by atoms with Gasteiger partial charge in [-0.1, -0.05) is 24.3 Å². The van der Waals surface area contributed by atoms with Gasteiger partial charge in [0, 0.05) is 5.39 Å². The van der Waals surface area contributed by atoms with E-state index in [-0.39, 0.29) is 11.8 Å². The molecule has 0 unspecified atom stereocenters. The molecule has 0 aliphatic rings. The molecular formula is C12H10N6. The van der Waals surface area contributed by atoms with E-state index in [9.17, 15) is 0 Å². The van der Waals surface area contributed by atoms with Gasteiger partial charge in [-0.05, 0) is 12.1 Å². The van der Waals surface area contributed by atoms with E-state index in [4.69, 9.17) is 11.5 Å². The van der Waals surface area contributed by atoms with Gasteiger partial charge >= 0.3 is 0 Å². The highest BCUT2D eigenvalue weighted by Crippen LogP contribution is 2.22. The fraction of sp³-hybridized carbons (Fsp3) is 0. The summed E-state index contributed by atoms with van der Waals surface area (Å²) < 4.78 is 0. The molecule has 88 valence electrons. The van der Waals surface area contributed by atoms with Crippen molar-refractivity contribution in [3.8, 4) is 11.4 Å². The van der Waals surface area contributed by atoms with Crippen molar-refractivity contribution in [2.75, 3.05) is 11.5 Å². The molecule has 0 amide bonds. The minimum Gasteiger partial charge on any atom is -0.382 e. The Bertz CT molecular complexity index is 725. The first-order valence-electron chi connectivity index (χ1n) is 5.36. The van der Waals surface area contributed by atoms with Crippen molar-refractivity contribution in [1.82, 2.24) is 20.2 Å². The third-order valence-electron chi connectivity index (χ3n) is 2.57. The maximum Gasteiger partial charge on any atom is 0.242 e. The molecule has 6 heteroatoms. The van der Waals surface area contributed by atoms with Crippen molar-refractivity contribution < 1.29 is 0 Å². The van der Waals surface area contributed by atoms with Crippen molar-refractivity contribution >= 4 is 22.7 Å². The second kappa shape index (κ2) is 3.92.